The van der Waals surface area contributed by atoms with Crippen LogP contribution in [-0.2, 0) is 6.54 Å². The Hall–Kier alpha value is -0.340. The molecule has 21 heavy (non-hydrogen) atoms. The lowest BCUT2D eigenvalue weighted by atomic mass is 10.3. The van der Waals surface area contributed by atoms with E-state index >= 15 is 0 Å². The van der Waals surface area contributed by atoms with Gasteiger partial charge in [0.05, 0.1) is 6.54 Å². The highest BCUT2D eigenvalue weighted by Gasteiger charge is 2.28. The second-order valence-electron chi connectivity index (χ2n) is 5.45. The molecule has 1 aliphatic rings. The molecule has 1 aromatic heterocycles. The van der Waals surface area contributed by atoms with Crippen molar-refractivity contribution < 1.29 is 0 Å². The number of nitrogens with zero attached hydrogens (tertiary/aromatic N) is 2. The molecule has 0 bridgehead atoms. The van der Waals surface area contributed by atoms with E-state index in [2.05, 4.69) is 58.2 Å². The Kier molecular flexibility index (Phi) is 8.58. The minimum Gasteiger partial charge on any atom is -0.357 e. The Morgan fingerprint density at radius 1 is 1.48 bits per heavy atom. The van der Waals surface area contributed by atoms with E-state index in [1.54, 1.807) is 11.3 Å². The molecule has 1 aliphatic carbocycles. The largest absolute Gasteiger partial charge is 0.357 e. The highest BCUT2D eigenvalue weighted by molar-refractivity contribution is 14.0. The smallest absolute Gasteiger partial charge is 0.191 e. The lowest BCUT2D eigenvalue weighted by molar-refractivity contribution is 0.247. The van der Waals surface area contributed by atoms with Gasteiger partial charge in [-0.25, -0.2) is 4.99 Å². The molecule has 0 saturated heterocycles. The fourth-order valence-corrected chi connectivity index (χ4v) is 2.78. The third kappa shape index (κ3) is 6.52. The molecule has 0 spiro atoms. The van der Waals surface area contributed by atoms with Crippen LogP contribution in [0.3, 0.4) is 0 Å². The lowest BCUT2D eigenvalue weighted by Crippen LogP contribution is -2.45. The zero-order chi connectivity index (χ0) is 14.4. The molecule has 6 heteroatoms. The van der Waals surface area contributed by atoms with E-state index in [0.717, 1.165) is 31.6 Å². The second kappa shape index (κ2) is 9.63. The molecule has 2 N–H and O–H groups in total. The van der Waals surface area contributed by atoms with E-state index in [4.69, 9.17) is 0 Å². The second-order valence-corrected chi connectivity index (χ2v) is 6.23. The van der Waals surface area contributed by atoms with E-state index in [0.29, 0.717) is 6.04 Å². The van der Waals surface area contributed by atoms with Crippen LogP contribution in [0.4, 0.5) is 0 Å². The quantitative estimate of drug-likeness (QED) is 0.403. The van der Waals surface area contributed by atoms with Crippen LogP contribution in [0.1, 0.15) is 32.3 Å². The summed E-state index contributed by atoms with van der Waals surface area (Å²) in [4.78, 5) is 7.10. The number of rotatable bonds is 7. The van der Waals surface area contributed by atoms with Crippen molar-refractivity contribution in [3.05, 3.63) is 22.4 Å². The van der Waals surface area contributed by atoms with Gasteiger partial charge in [-0.1, -0.05) is 0 Å². The maximum absolute atomic E-state index is 4.63. The van der Waals surface area contributed by atoms with Gasteiger partial charge in [-0.2, -0.15) is 11.3 Å². The fraction of sp³-hybridized carbons (Fsp3) is 0.667. The molecule has 0 amide bonds. The normalized spacial score (nSPS) is 16.5. The first-order chi connectivity index (χ1) is 9.70. The number of halogens is 1. The van der Waals surface area contributed by atoms with Gasteiger partial charge in [-0.3, -0.25) is 4.90 Å². The molecular weight excluding hydrogens is 395 g/mol. The Morgan fingerprint density at radius 3 is 2.81 bits per heavy atom. The van der Waals surface area contributed by atoms with Gasteiger partial charge < -0.3 is 10.6 Å². The summed E-state index contributed by atoms with van der Waals surface area (Å²) >= 11 is 1.72. The van der Waals surface area contributed by atoms with Gasteiger partial charge in [0.1, 0.15) is 0 Å². The Morgan fingerprint density at radius 2 is 2.24 bits per heavy atom. The van der Waals surface area contributed by atoms with Gasteiger partial charge in [-0.05, 0) is 56.1 Å². The van der Waals surface area contributed by atoms with Crippen molar-refractivity contribution in [3.8, 4) is 0 Å². The van der Waals surface area contributed by atoms with Crippen molar-refractivity contribution in [1.29, 1.82) is 0 Å². The molecule has 0 aliphatic heterocycles. The van der Waals surface area contributed by atoms with E-state index in [-0.39, 0.29) is 24.0 Å². The first kappa shape index (κ1) is 18.7. The topological polar surface area (TPSA) is 39.7 Å². The standard InChI is InChI=1S/C15H26N4S.HI/c1-4-16-15(18-10-13-7-8-20-11-13)17-9-12(2)19(3)14-5-6-14;/h7-8,11-12,14H,4-6,9-10H2,1-3H3,(H2,16,17,18);1H. The fourth-order valence-electron chi connectivity index (χ4n) is 2.12. The third-order valence-corrected chi connectivity index (χ3v) is 4.46. The molecule has 0 radical (unpaired) electrons. The van der Waals surface area contributed by atoms with Gasteiger partial charge in [0, 0.05) is 25.2 Å². The average molecular weight is 422 g/mol. The summed E-state index contributed by atoms with van der Waals surface area (Å²) in [7, 11) is 2.22. The number of hydrogen-bond donors (Lipinski definition) is 2. The molecule has 4 nitrogen and oxygen atoms in total. The lowest BCUT2D eigenvalue weighted by Gasteiger charge is -2.25. The van der Waals surface area contributed by atoms with Gasteiger partial charge in [0.15, 0.2) is 5.96 Å². The van der Waals surface area contributed by atoms with E-state index in [9.17, 15) is 0 Å². The summed E-state index contributed by atoms with van der Waals surface area (Å²) in [5, 5.41) is 11.0. The minimum absolute atomic E-state index is 0. The summed E-state index contributed by atoms with van der Waals surface area (Å²) in [6, 6.07) is 3.46. The molecule has 1 heterocycles. The van der Waals surface area contributed by atoms with E-state index < -0.39 is 0 Å². The summed E-state index contributed by atoms with van der Waals surface area (Å²) in [5.41, 5.74) is 1.27. The zero-order valence-corrected chi connectivity index (χ0v) is 16.3. The maximum atomic E-state index is 4.63. The third-order valence-electron chi connectivity index (χ3n) is 3.73. The highest BCUT2D eigenvalue weighted by atomic mass is 127. The average Bonchev–Trinajstić information content (AvgIpc) is 3.17. The first-order valence-electron chi connectivity index (χ1n) is 7.46. The summed E-state index contributed by atoms with van der Waals surface area (Å²) < 4.78 is 0. The molecule has 2 rings (SSSR count). The van der Waals surface area contributed by atoms with Crippen molar-refractivity contribution in [3.63, 3.8) is 0 Å². The zero-order valence-electron chi connectivity index (χ0n) is 13.1. The van der Waals surface area contributed by atoms with Crippen LogP contribution in [0.25, 0.3) is 0 Å². The highest BCUT2D eigenvalue weighted by Crippen LogP contribution is 2.26. The van der Waals surface area contributed by atoms with Crippen molar-refractivity contribution in [2.24, 2.45) is 4.99 Å². The molecule has 1 unspecified atom stereocenters. The predicted molar refractivity (Wildman–Crippen MR) is 103 cm³/mol. The maximum Gasteiger partial charge on any atom is 0.191 e. The summed E-state index contributed by atoms with van der Waals surface area (Å²) in [6.45, 7) is 6.94. The van der Waals surface area contributed by atoms with Crippen molar-refractivity contribution in [2.75, 3.05) is 20.1 Å². The number of aliphatic imine (C=N–C) groups is 1. The minimum atomic E-state index is 0. The van der Waals surface area contributed by atoms with Crippen LogP contribution in [0.2, 0.25) is 0 Å². The van der Waals surface area contributed by atoms with Gasteiger partial charge >= 0.3 is 0 Å². The van der Waals surface area contributed by atoms with Crippen LogP contribution < -0.4 is 10.6 Å². The Bertz CT molecular complexity index is 417. The van der Waals surface area contributed by atoms with Crippen LogP contribution in [-0.4, -0.2) is 43.1 Å². The molecular formula is C15H27IN4S. The number of thiophene rings is 1. The van der Waals surface area contributed by atoms with Crippen LogP contribution in [0.5, 0.6) is 0 Å². The van der Waals surface area contributed by atoms with Crippen molar-refractivity contribution in [1.82, 2.24) is 15.5 Å². The van der Waals surface area contributed by atoms with Crippen LogP contribution in [0, 0.1) is 0 Å². The van der Waals surface area contributed by atoms with Crippen molar-refractivity contribution in [2.45, 2.75) is 45.3 Å². The van der Waals surface area contributed by atoms with E-state index in [1.807, 2.05) is 0 Å². The predicted octanol–water partition coefficient (Wildman–Crippen LogP) is 2.90. The number of likely N-dealkylation sites (N-methyl/N-ethyl adjacent to an activating group) is 1. The molecule has 1 atom stereocenters. The Labute approximate surface area is 149 Å². The van der Waals surface area contributed by atoms with Gasteiger partial charge in [0.2, 0.25) is 0 Å². The molecule has 1 fully saturated rings. The van der Waals surface area contributed by atoms with Crippen LogP contribution >= 0.6 is 35.3 Å². The first-order valence-corrected chi connectivity index (χ1v) is 8.40. The SMILES string of the molecule is CCNC(=NCc1ccsc1)NCC(C)N(C)C1CC1.I. The molecule has 1 saturated carbocycles. The van der Waals surface area contributed by atoms with Crippen molar-refractivity contribution >= 4 is 41.3 Å². The molecule has 1 aromatic rings. The van der Waals surface area contributed by atoms with Crippen LogP contribution in [0.15, 0.2) is 21.8 Å². The Balaban J connectivity index is 0.00000220. The number of hydrogen-bond acceptors (Lipinski definition) is 3. The number of guanidine groups is 1. The summed E-state index contributed by atoms with van der Waals surface area (Å²) in [6.07, 6.45) is 2.71. The molecule has 120 valence electrons. The number of nitrogens with one attached hydrogen (secondary N) is 2. The summed E-state index contributed by atoms with van der Waals surface area (Å²) in [5.74, 6) is 0.912. The molecule has 0 aromatic carbocycles. The van der Waals surface area contributed by atoms with Gasteiger partial charge in [0.25, 0.3) is 0 Å². The van der Waals surface area contributed by atoms with E-state index in [1.165, 1.54) is 18.4 Å². The van der Waals surface area contributed by atoms with Gasteiger partial charge in [-0.15, -0.1) is 24.0 Å². The monoisotopic (exact) mass is 422 g/mol.